The van der Waals surface area contributed by atoms with E-state index in [0.717, 1.165) is 22.7 Å². The summed E-state index contributed by atoms with van der Waals surface area (Å²) in [6.07, 6.45) is 5.47. The lowest BCUT2D eigenvalue weighted by Gasteiger charge is -2.17. The SMILES string of the molecule is CCc1nc2ccc(-c3cnc(C(=O)O)nc3)cn2c1N(C)c1nc(-c2ccc(F)cc2)c(C#N)s1. The lowest BCUT2D eigenvalue weighted by atomic mass is 10.1. The molecule has 0 aliphatic carbocycles. The van der Waals surface area contributed by atoms with Crippen molar-refractivity contribution in [3.05, 3.63) is 77.2 Å². The zero-order chi connectivity index (χ0) is 25.4. The molecule has 178 valence electrons. The first kappa shape index (κ1) is 23.1. The number of fused-ring (bicyclic) bond motifs is 1. The lowest BCUT2D eigenvalue weighted by molar-refractivity contribution is 0.0683. The summed E-state index contributed by atoms with van der Waals surface area (Å²) in [7, 11) is 1.86. The number of aryl methyl sites for hydroxylation is 1. The molecular formula is C25H18FN7O2S. The van der Waals surface area contributed by atoms with Crippen molar-refractivity contribution >= 4 is 33.9 Å². The molecule has 0 aliphatic rings. The van der Waals surface area contributed by atoms with Crippen LogP contribution in [-0.2, 0) is 6.42 Å². The number of carbonyl (C=O) groups is 1. The van der Waals surface area contributed by atoms with Gasteiger partial charge >= 0.3 is 5.97 Å². The molecule has 4 aromatic heterocycles. The van der Waals surface area contributed by atoms with E-state index in [2.05, 4.69) is 16.0 Å². The van der Waals surface area contributed by atoms with E-state index in [1.54, 1.807) is 12.1 Å². The Bertz CT molecular complexity index is 1640. The molecule has 0 bridgehead atoms. The van der Waals surface area contributed by atoms with Crippen LogP contribution in [0.25, 0.3) is 28.0 Å². The smallest absolute Gasteiger partial charge is 0.373 e. The first-order valence-electron chi connectivity index (χ1n) is 10.9. The lowest BCUT2D eigenvalue weighted by Crippen LogP contribution is -2.13. The molecule has 0 saturated carbocycles. The number of pyridine rings is 1. The molecular weight excluding hydrogens is 481 g/mol. The molecule has 5 rings (SSSR count). The van der Waals surface area contributed by atoms with Crippen molar-refractivity contribution in [1.29, 1.82) is 5.26 Å². The minimum Gasteiger partial charge on any atom is -0.475 e. The van der Waals surface area contributed by atoms with Crippen LogP contribution in [0, 0.1) is 17.1 Å². The summed E-state index contributed by atoms with van der Waals surface area (Å²) in [4.78, 5) is 30.7. The number of aromatic carboxylic acids is 1. The van der Waals surface area contributed by atoms with Crippen LogP contribution in [0.1, 0.15) is 28.1 Å². The van der Waals surface area contributed by atoms with E-state index in [0.29, 0.717) is 33.3 Å². The highest BCUT2D eigenvalue weighted by molar-refractivity contribution is 7.16. The van der Waals surface area contributed by atoms with E-state index >= 15 is 0 Å². The van der Waals surface area contributed by atoms with E-state index in [1.165, 1.54) is 35.9 Å². The third kappa shape index (κ3) is 4.03. The Hall–Kier alpha value is -4.69. The van der Waals surface area contributed by atoms with Gasteiger partial charge in [0, 0.05) is 42.3 Å². The number of halogens is 1. The Kier molecular flexibility index (Phi) is 5.87. The second kappa shape index (κ2) is 9.16. The number of aromatic nitrogens is 5. The highest BCUT2D eigenvalue weighted by atomic mass is 32.1. The van der Waals surface area contributed by atoms with Crippen LogP contribution < -0.4 is 4.90 Å². The van der Waals surface area contributed by atoms with Crippen LogP contribution in [0.4, 0.5) is 15.3 Å². The fraction of sp³-hybridized carbons (Fsp3) is 0.120. The average Bonchev–Trinajstić information content (AvgIpc) is 3.50. The number of rotatable bonds is 6. The third-order valence-corrected chi connectivity index (χ3v) is 6.65. The zero-order valence-electron chi connectivity index (χ0n) is 19.2. The normalized spacial score (nSPS) is 10.9. The molecule has 1 aromatic carbocycles. The highest BCUT2D eigenvalue weighted by Gasteiger charge is 2.22. The summed E-state index contributed by atoms with van der Waals surface area (Å²) >= 11 is 1.24. The van der Waals surface area contributed by atoms with Crippen molar-refractivity contribution in [3.63, 3.8) is 0 Å². The highest BCUT2D eigenvalue weighted by Crippen LogP contribution is 2.37. The standard InChI is InChI=1S/C25H18FN7O2S/c1-3-18-23(32(2)25-31-21(19(10-27)36-25)14-4-7-17(26)8-5-14)33-13-15(6-9-20(33)30-18)16-11-28-22(24(34)35)29-12-16/h4-9,11-13H,3H2,1-2H3,(H,34,35). The molecule has 0 saturated heterocycles. The van der Waals surface area contributed by atoms with E-state index < -0.39 is 5.97 Å². The molecule has 0 radical (unpaired) electrons. The quantitative estimate of drug-likeness (QED) is 0.348. The van der Waals surface area contributed by atoms with Crippen molar-refractivity contribution in [3.8, 4) is 28.5 Å². The van der Waals surface area contributed by atoms with Crippen LogP contribution >= 0.6 is 11.3 Å². The summed E-state index contributed by atoms with van der Waals surface area (Å²) < 4.78 is 15.3. The second-order valence-corrected chi connectivity index (χ2v) is 8.81. The Labute approximate surface area is 208 Å². The predicted molar refractivity (Wildman–Crippen MR) is 133 cm³/mol. The number of benzene rings is 1. The Morgan fingerprint density at radius 3 is 2.44 bits per heavy atom. The van der Waals surface area contributed by atoms with Crippen LogP contribution in [0.5, 0.6) is 0 Å². The van der Waals surface area contributed by atoms with Crippen LogP contribution in [0.15, 0.2) is 55.0 Å². The van der Waals surface area contributed by atoms with E-state index in [4.69, 9.17) is 15.1 Å². The van der Waals surface area contributed by atoms with Gasteiger partial charge in [0.25, 0.3) is 0 Å². The maximum Gasteiger partial charge on any atom is 0.373 e. The van der Waals surface area contributed by atoms with Gasteiger partial charge in [0.1, 0.15) is 33.9 Å². The molecule has 36 heavy (non-hydrogen) atoms. The maximum atomic E-state index is 13.4. The molecule has 0 aliphatic heterocycles. The summed E-state index contributed by atoms with van der Waals surface area (Å²) in [6.45, 7) is 2.00. The van der Waals surface area contributed by atoms with Crippen molar-refractivity contribution in [2.24, 2.45) is 0 Å². The summed E-state index contributed by atoms with van der Waals surface area (Å²) in [5.41, 5.74) is 4.14. The molecule has 0 spiro atoms. The number of carboxylic acid groups (broad SMARTS) is 1. The third-order valence-electron chi connectivity index (χ3n) is 5.61. The molecule has 9 nitrogen and oxygen atoms in total. The summed E-state index contributed by atoms with van der Waals surface area (Å²) in [6, 6.07) is 11.8. The van der Waals surface area contributed by atoms with Gasteiger partial charge in [-0.3, -0.25) is 4.40 Å². The van der Waals surface area contributed by atoms with Gasteiger partial charge < -0.3 is 10.0 Å². The molecule has 0 atom stereocenters. The number of thiazole rings is 1. The first-order valence-corrected chi connectivity index (χ1v) is 11.7. The predicted octanol–water partition coefficient (Wildman–Crippen LogP) is 4.95. The largest absolute Gasteiger partial charge is 0.475 e. The summed E-state index contributed by atoms with van der Waals surface area (Å²) in [5.74, 6) is -1.04. The van der Waals surface area contributed by atoms with Crippen LogP contribution in [0.2, 0.25) is 0 Å². The molecule has 0 unspecified atom stereocenters. The van der Waals surface area contributed by atoms with Crippen molar-refractivity contribution in [2.75, 3.05) is 11.9 Å². The molecule has 0 amide bonds. The second-order valence-electron chi connectivity index (χ2n) is 7.83. The number of anilines is 2. The summed E-state index contributed by atoms with van der Waals surface area (Å²) in [5, 5.41) is 19.4. The monoisotopic (exact) mass is 499 g/mol. The average molecular weight is 500 g/mol. The molecule has 4 heterocycles. The number of carboxylic acids is 1. The molecule has 5 aromatic rings. The Morgan fingerprint density at radius 1 is 1.11 bits per heavy atom. The van der Waals surface area contributed by atoms with Crippen molar-refractivity contribution in [2.45, 2.75) is 13.3 Å². The van der Waals surface area contributed by atoms with E-state index in [1.807, 2.05) is 41.6 Å². The van der Waals surface area contributed by atoms with Crippen LogP contribution in [-0.4, -0.2) is 42.5 Å². The fourth-order valence-electron chi connectivity index (χ4n) is 3.85. The van der Waals surface area contributed by atoms with E-state index in [9.17, 15) is 14.4 Å². The molecule has 0 fully saturated rings. The van der Waals surface area contributed by atoms with Gasteiger partial charge in [0.2, 0.25) is 5.82 Å². The van der Waals surface area contributed by atoms with Gasteiger partial charge in [0.15, 0.2) is 5.13 Å². The Balaban J connectivity index is 1.59. The van der Waals surface area contributed by atoms with Gasteiger partial charge in [-0.1, -0.05) is 18.3 Å². The number of nitriles is 1. The van der Waals surface area contributed by atoms with Gasteiger partial charge in [0.05, 0.1) is 5.69 Å². The minimum absolute atomic E-state index is 0.273. The molecule has 11 heteroatoms. The number of hydrogen-bond acceptors (Lipinski definition) is 8. The van der Waals surface area contributed by atoms with Gasteiger partial charge in [-0.2, -0.15) is 5.26 Å². The van der Waals surface area contributed by atoms with Gasteiger partial charge in [-0.15, -0.1) is 0 Å². The maximum absolute atomic E-state index is 13.4. The van der Waals surface area contributed by atoms with E-state index in [-0.39, 0.29) is 11.6 Å². The van der Waals surface area contributed by atoms with Crippen LogP contribution in [0.3, 0.4) is 0 Å². The number of imidazole rings is 1. The van der Waals surface area contributed by atoms with Gasteiger partial charge in [-0.25, -0.2) is 29.1 Å². The Morgan fingerprint density at radius 2 is 1.81 bits per heavy atom. The number of hydrogen-bond donors (Lipinski definition) is 1. The topological polar surface area (TPSA) is 120 Å². The first-order chi connectivity index (χ1) is 17.4. The zero-order valence-corrected chi connectivity index (χ0v) is 20.0. The minimum atomic E-state index is -1.19. The van der Waals surface area contributed by atoms with Gasteiger partial charge in [-0.05, 0) is 42.8 Å². The number of nitrogens with zero attached hydrogens (tertiary/aromatic N) is 7. The molecule has 1 N–H and O–H groups in total. The fourth-order valence-corrected chi connectivity index (χ4v) is 4.70. The van der Waals surface area contributed by atoms with Crippen molar-refractivity contribution in [1.82, 2.24) is 24.3 Å². The van der Waals surface area contributed by atoms with Crippen molar-refractivity contribution < 1.29 is 14.3 Å².